The Morgan fingerprint density at radius 1 is 1.25 bits per heavy atom. The number of hydrogen-bond donors (Lipinski definition) is 0. The fraction of sp³-hybridized carbons (Fsp3) is 0.133. The van der Waals surface area contributed by atoms with E-state index in [1.54, 1.807) is 12.1 Å². The van der Waals surface area contributed by atoms with Crippen LogP contribution in [0.4, 0.5) is 5.82 Å². The van der Waals surface area contributed by atoms with Crippen molar-refractivity contribution in [3.05, 3.63) is 59.8 Å². The summed E-state index contributed by atoms with van der Waals surface area (Å²) in [6.07, 6.45) is 1.44. The number of benzene rings is 1. The minimum Gasteiger partial charge on any atom is -0.291 e. The van der Waals surface area contributed by atoms with Gasteiger partial charge in [0.25, 0.3) is 0 Å². The third-order valence-corrected chi connectivity index (χ3v) is 2.98. The van der Waals surface area contributed by atoms with Gasteiger partial charge >= 0.3 is 0 Å². The second kappa shape index (κ2) is 6.69. The second-order valence-corrected chi connectivity index (χ2v) is 4.38. The van der Waals surface area contributed by atoms with Crippen molar-refractivity contribution in [2.45, 2.75) is 6.54 Å². The number of nitriles is 1. The van der Waals surface area contributed by atoms with Crippen LogP contribution in [0.15, 0.2) is 48.7 Å². The van der Waals surface area contributed by atoms with Gasteiger partial charge in [-0.1, -0.05) is 30.3 Å². The van der Waals surface area contributed by atoms with Crippen LogP contribution < -0.4 is 4.90 Å². The summed E-state index contributed by atoms with van der Waals surface area (Å²) in [4.78, 5) is 17.6. The molecule has 20 heavy (non-hydrogen) atoms. The lowest BCUT2D eigenvalue weighted by atomic mass is 10.2. The van der Waals surface area contributed by atoms with E-state index < -0.39 is 0 Å². The number of hydrogen-bond acceptors (Lipinski definition) is 3. The molecule has 0 N–H and O–H groups in total. The summed E-state index contributed by atoms with van der Waals surface area (Å²) in [5.41, 5.74) is 1.43. The Kier molecular flexibility index (Phi) is 4.70. The standard InChI is InChI=1S/C15H12ClN3O/c16-8-15(20)19(11-12-4-2-1-3-5-12)14-7-6-13(9-17)10-18-14/h1-7,10H,8,11H2. The van der Waals surface area contributed by atoms with E-state index in [1.165, 1.54) is 11.1 Å². The van der Waals surface area contributed by atoms with Gasteiger partial charge in [-0.15, -0.1) is 11.6 Å². The lowest BCUT2D eigenvalue weighted by Crippen LogP contribution is -2.32. The number of aromatic nitrogens is 1. The zero-order valence-electron chi connectivity index (χ0n) is 10.7. The number of carbonyl (C=O) groups excluding carboxylic acids is 1. The number of halogens is 1. The molecule has 0 fully saturated rings. The molecule has 4 nitrogen and oxygen atoms in total. The van der Waals surface area contributed by atoms with Crippen molar-refractivity contribution < 1.29 is 4.79 Å². The van der Waals surface area contributed by atoms with Crippen molar-refractivity contribution in [3.63, 3.8) is 0 Å². The van der Waals surface area contributed by atoms with Crippen LogP contribution in [0.2, 0.25) is 0 Å². The first-order valence-electron chi connectivity index (χ1n) is 6.01. The number of alkyl halides is 1. The van der Waals surface area contributed by atoms with Gasteiger partial charge in [-0.3, -0.25) is 9.69 Å². The molecule has 0 spiro atoms. The maximum atomic E-state index is 12.0. The Balaban J connectivity index is 2.27. The van der Waals surface area contributed by atoms with Crippen molar-refractivity contribution in [2.24, 2.45) is 0 Å². The molecule has 1 heterocycles. The van der Waals surface area contributed by atoms with E-state index in [0.717, 1.165) is 5.56 Å². The Labute approximate surface area is 122 Å². The molecule has 0 atom stereocenters. The highest BCUT2D eigenvalue weighted by Gasteiger charge is 2.16. The Morgan fingerprint density at radius 3 is 2.55 bits per heavy atom. The van der Waals surface area contributed by atoms with Crippen LogP contribution in [0.1, 0.15) is 11.1 Å². The topological polar surface area (TPSA) is 57.0 Å². The summed E-state index contributed by atoms with van der Waals surface area (Å²) in [7, 11) is 0. The monoisotopic (exact) mass is 285 g/mol. The molecule has 0 aliphatic carbocycles. The Morgan fingerprint density at radius 2 is 2.00 bits per heavy atom. The summed E-state index contributed by atoms with van der Waals surface area (Å²) >= 11 is 5.65. The molecule has 0 bridgehead atoms. The van der Waals surface area contributed by atoms with E-state index in [9.17, 15) is 4.79 Å². The van der Waals surface area contributed by atoms with Crippen molar-refractivity contribution in [2.75, 3.05) is 10.8 Å². The largest absolute Gasteiger partial charge is 0.291 e. The van der Waals surface area contributed by atoms with Gasteiger partial charge in [0.05, 0.1) is 12.1 Å². The zero-order valence-corrected chi connectivity index (χ0v) is 11.4. The number of rotatable bonds is 4. The van der Waals surface area contributed by atoms with Gasteiger partial charge in [-0.05, 0) is 17.7 Å². The fourth-order valence-corrected chi connectivity index (χ4v) is 1.89. The predicted octanol–water partition coefficient (Wildman–Crippen LogP) is 2.73. The molecule has 2 aromatic rings. The first-order chi connectivity index (χ1) is 9.74. The summed E-state index contributed by atoms with van der Waals surface area (Å²) in [5, 5.41) is 8.77. The molecule has 5 heteroatoms. The number of amides is 1. The smallest absolute Gasteiger partial charge is 0.243 e. The molecule has 1 aromatic heterocycles. The molecule has 0 saturated heterocycles. The van der Waals surface area contributed by atoms with Crippen LogP contribution in [0.3, 0.4) is 0 Å². The van der Waals surface area contributed by atoms with E-state index in [2.05, 4.69) is 4.98 Å². The second-order valence-electron chi connectivity index (χ2n) is 4.12. The van der Waals surface area contributed by atoms with Gasteiger partial charge in [0.2, 0.25) is 5.91 Å². The molecular formula is C15H12ClN3O. The van der Waals surface area contributed by atoms with Crippen molar-refractivity contribution in [1.29, 1.82) is 5.26 Å². The molecule has 100 valence electrons. The van der Waals surface area contributed by atoms with Crippen LogP contribution in [-0.2, 0) is 11.3 Å². The van der Waals surface area contributed by atoms with Gasteiger partial charge in [-0.2, -0.15) is 5.26 Å². The van der Waals surface area contributed by atoms with Crippen molar-refractivity contribution in [1.82, 2.24) is 4.98 Å². The highest BCUT2D eigenvalue weighted by atomic mass is 35.5. The van der Waals surface area contributed by atoms with E-state index in [0.29, 0.717) is 17.9 Å². The average Bonchev–Trinajstić information content (AvgIpc) is 2.53. The highest BCUT2D eigenvalue weighted by Crippen LogP contribution is 2.15. The van der Waals surface area contributed by atoms with E-state index >= 15 is 0 Å². The summed E-state index contributed by atoms with van der Waals surface area (Å²) < 4.78 is 0. The minimum absolute atomic E-state index is 0.117. The van der Waals surface area contributed by atoms with Gasteiger partial charge in [0, 0.05) is 6.20 Å². The molecule has 0 radical (unpaired) electrons. The van der Waals surface area contributed by atoms with Crippen LogP contribution in [0.5, 0.6) is 0 Å². The van der Waals surface area contributed by atoms with Crippen LogP contribution in [0.25, 0.3) is 0 Å². The van der Waals surface area contributed by atoms with Gasteiger partial charge in [0.1, 0.15) is 17.8 Å². The van der Waals surface area contributed by atoms with Crippen LogP contribution in [0, 0.1) is 11.3 Å². The lowest BCUT2D eigenvalue weighted by Gasteiger charge is -2.20. The molecule has 0 saturated carbocycles. The fourth-order valence-electron chi connectivity index (χ4n) is 1.75. The normalized spacial score (nSPS) is 9.80. The van der Waals surface area contributed by atoms with E-state index in [1.807, 2.05) is 36.4 Å². The molecular weight excluding hydrogens is 274 g/mol. The quantitative estimate of drug-likeness (QED) is 0.812. The summed E-state index contributed by atoms with van der Waals surface area (Å²) in [6.45, 7) is 0.394. The molecule has 0 aliphatic heterocycles. The number of carbonyl (C=O) groups is 1. The van der Waals surface area contributed by atoms with Gasteiger partial charge < -0.3 is 0 Å². The Hall–Kier alpha value is -2.38. The lowest BCUT2D eigenvalue weighted by molar-refractivity contribution is -0.116. The van der Waals surface area contributed by atoms with Crippen molar-refractivity contribution >= 4 is 23.3 Å². The third-order valence-electron chi connectivity index (χ3n) is 2.75. The molecule has 1 aromatic carbocycles. The molecule has 0 aliphatic rings. The average molecular weight is 286 g/mol. The minimum atomic E-state index is -0.229. The number of anilines is 1. The maximum absolute atomic E-state index is 12.0. The highest BCUT2D eigenvalue weighted by molar-refractivity contribution is 6.29. The predicted molar refractivity (Wildman–Crippen MR) is 77.3 cm³/mol. The third kappa shape index (κ3) is 3.34. The molecule has 1 amide bonds. The Bertz CT molecular complexity index is 620. The van der Waals surface area contributed by atoms with Gasteiger partial charge in [0.15, 0.2) is 0 Å². The molecule has 0 unspecified atom stereocenters. The van der Waals surface area contributed by atoms with Crippen LogP contribution in [-0.4, -0.2) is 16.8 Å². The van der Waals surface area contributed by atoms with Crippen molar-refractivity contribution in [3.8, 4) is 6.07 Å². The maximum Gasteiger partial charge on any atom is 0.243 e. The van der Waals surface area contributed by atoms with Crippen LogP contribution >= 0.6 is 11.6 Å². The van der Waals surface area contributed by atoms with Gasteiger partial charge in [-0.25, -0.2) is 4.98 Å². The summed E-state index contributed by atoms with van der Waals surface area (Å²) in [5.74, 6) is 0.139. The van der Waals surface area contributed by atoms with E-state index in [4.69, 9.17) is 16.9 Å². The van der Waals surface area contributed by atoms with E-state index in [-0.39, 0.29) is 11.8 Å². The number of nitrogens with zero attached hydrogens (tertiary/aromatic N) is 3. The SMILES string of the molecule is N#Cc1ccc(N(Cc2ccccc2)C(=O)CCl)nc1. The zero-order chi connectivity index (χ0) is 14.4. The summed E-state index contributed by atoms with van der Waals surface area (Å²) in [6, 6.07) is 14.9. The molecule has 2 rings (SSSR count). The number of pyridine rings is 1. The first-order valence-corrected chi connectivity index (χ1v) is 6.54. The first kappa shape index (κ1) is 14.0.